The summed E-state index contributed by atoms with van der Waals surface area (Å²) in [6.45, 7) is 4.46. The van der Waals surface area contributed by atoms with E-state index in [9.17, 15) is 4.79 Å². The molecule has 0 aliphatic rings. The number of carbonyl (C=O) groups is 1. The SMILES string of the molecule is COCC[C@H](CO)NC(=O)Nc1nc(C(C)C)cs1. The number of hydrogen-bond acceptors (Lipinski definition) is 5. The van der Waals surface area contributed by atoms with E-state index in [0.717, 1.165) is 5.69 Å². The number of thiazole rings is 1. The first-order chi connectivity index (χ1) is 9.06. The summed E-state index contributed by atoms with van der Waals surface area (Å²) < 4.78 is 4.91. The van der Waals surface area contributed by atoms with E-state index >= 15 is 0 Å². The van der Waals surface area contributed by atoms with Gasteiger partial charge in [0, 0.05) is 19.1 Å². The molecule has 0 saturated heterocycles. The highest BCUT2D eigenvalue weighted by atomic mass is 32.1. The molecule has 1 rings (SSSR count). The standard InChI is InChI=1S/C12H21N3O3S/c1-8(2)10-7-19-12(14-10)15-11(17)13-9(6-16)4-5-18-3/h7-9,16H,4-6H2,1-3H3,(H2,13,14,15,17)/t9-/m1/s1. The van der Waals surface area contributed by atoms with E-state index in [4.69, 9.17) is 9.84 Å². The van der Waals surface area contributed by atoms with Gasteiger partial charge in [-0.15, -0.1) is 11.3 Å². The van der Waals surface area contributed by atoms with E-state index in [0.29, 0.717) is 24.1 Å². The molecule has 108 valence electrons. The van der Waals surface area contributed by atoms with Crippen LogP contribution in [0.5, 0.6) is 0 Å². The summed E-state index contributed by atoms with van der Waals surface area (Å²) in [4.78, 5) is 16.0. The molecule has 0 aliphatic heterocycles. The molecule has 0 bridgehead atoms. The van der Waals surface area contributed by atoms with Crippen LogP contribution in [0.3, 0.4) is 0 Å². The minimum atomic E-state index is -0.361. The van der Waals surface area contributed by atoms with Crippen molar-refractivity contribution >= 4 is 22.5 Å². The second kappa shape index (κ2) is 8.08. The second-order valence-electron chi connectivity index (χ2n) is 4.49. The van der Waals surface area contributed by atoms with Crippen molar-refractivity contribution in [3.05, 3.63) is 11.1 Å². The topological polar surface area (TPSA) is 83.5 Å². The van der Waals surface area contributed by atoms with Crippen LogP contribution in [0.25, 0.3) is 0 Å². The lowest BCUT2D eigenvalue weighted by Gasteiger charge is -2.15. The monoisotopic (exact) mass is 287 g/mol. The van der Waals surface area contributed by atoms with Crippen molar-refractivity contribution in [3.8, 4) is 0 Å². The van der Waals surface area contributed by atoms with Gasteiger partial charge in [-0.2, -0.15) is 0 Å². The van der Waals surface area contributed by atoms with E-state index < -0.39 is 0 Å². The first-order valence-electron chi connectivity index (χ1n) is 6.19. The number of aliphatic hydroxyl groups excluding tert-OH is 1. The van der Waals surface area contributed by atoms with Gasteiger partial charge in [-0.1, -0.05) is 13.8 Å². The molecule has 3 N–H and O–H groups in total. The van der Waals surface area contributed by atoms with Crippen LogP contribution in [-0.4, -0.2) is 42.5 Å². The third-order valence-corrected chi connectivity index (χ3v) is 3.34. The third-order valence-electron chi connectivity index (χ3n) is 2.56. The second-order valence-corrected chi connectivity index (χ2v) is 5.35. The Hall–Kier alpha value is -1.18. The highest BCUT2D eigenvalue weighted by molar-refractivity contribution is 7.13. The first kappa shape index (κ1) is 15.9. The van der Waals surface area contributed by atoms with Crippen molar-refractivity contribution in [2.45, 2.75) is 32.2 Å². The normalized spacial score (nSPS) is 12.5. The van der Waals surface area contributed by atoms with Crippen LogP contribution < -0.4 is 10.6 Å². The Morgan fingerprint density at radius 3 is 2.84 bits per heavy atom. The number of carbonyl (C=O) groups excluding carboxylic acids is 1. The number of anilines is 1. The summed E-state index contributed by atoms with van der Waals surface area (Å²) in [6, 6.07) is -0.677. The molecule has 1 atom stereocenters. The van der Waals surface area contributed by atoms with E-state index in [1.54, 1.807) is 7.11 Å². The Labute approximate surface area is 117 Å². The van der Waals surface area contributed by atoms with Crippen molar-refractivity contribution in [2.24, 2.45) is 0 Å². The van der Waals surface area contributed by atoms with Crippen LogP contribution in [-0.2, 0) is 4.74 Å². The van der Waals surface area contributed by atoms with Gasteiger partial charge in [0.2, 0.25) is 0 Å². The van der Waals surface area contributed by atoms with Gasteiger partial charge in [0.05, 0.1) is 18.3 Å². The maximum Gasteiger partial charge on any atom is 0.321 e. The average molecular weight is 287 g/mol. The molecule has 0 saturated carbocycles. The Bertz CT molecular complexity index is 395. The van der Waals surface area contributed by atoms with Gasteiger partial charge in [-0.05, 0) is 12.3 Å². The number of amides is 2. The van der Waals surface area contributed by atoms with E-state index in [1.807, 2.05) is 19.2 Å². The van der Waals surface area contributed by atoms with Crippen LogP contribution in [0.1, 0.15) is 31.9 Å². The molecular weight excluding hydrogens is 266 g/mol. The number of ether oxygens (including phenoxy) is 1. The quantitative estimate of drug-likeness (QED) is 0.714. The van der Waals surface area contributed by atoms with Crippen molar-refractivity contribution < 1.29 is 14.6 Å². The highest BCUT2D eigenvalue weighted by Crippen LogP contribution is 2.21. The van der Waals surface area contributed by atoms with Gasteiger partial charge in [-0.3, -0.25) is 5.32 Å². The summed E-state index contributed by atoms with van der Waals surface area (Å²) in [5, 5.41) is 17.0. The number of nitrogens with zero attached hydrogens (tertiary/aromatic N) is 1. The number of hydrogen-bond donors (Lipinski definition) is 3. The molecule has 19 heavy (non-hydrogen) atoms. The summed E-state index contributed by atoms with van der Waals surface area (Å²) in [5.41, 5.74) is 0.957. The number of methoxy groups -OCH3 is 1. The van der Waals surface area contributed by atoms with Crippen LogP contribution in [0.4, 0.5) is 9.93 Å². The molecule has 1 aromatic rings. The smallest absolute Gasteiger partial charge is 0.321 e. The summed E-state index contributed by atoms with van der Waals surface area (Å²) in [6.07, 6.45) is 0.565. The fraction of sp³-hybridized carbons (Fsp3) is 0.667. The lowest BCUT2D eigenvalue weighted by Crippen LogP contribution is -2.40. The molecule has 0 radical (unpaired) electrons. The predicted molar refractivity (Wildman–Crippen MR) is 75.7 cm³/mol. The Kier molecular flexibility index (Phi) is 6.75. The van der Waals surface area contributed by atoms with Crippen molar-refractivity contribution in [1.82, 2.24) is 10.3 Å². The third kappa shape index (κ3) is 5.54. The number of nitrogens with one attached hydrogen (secondary N) is 2. The number of rotatable bonds is 7. The lowest BCUT2D eigenvalue weighted by atomic mass is 10.2. The van der Waals surface area contributed by atoms with E-state index in [1.165, 1.54) is 11.3 Å². The van der Waals surface area contributed by atoms with Gasteiger partial charge in [-0.25, -0.2) is 9.78 Å². The van der Waals surface area contributed by atoms with Gasteiger partial charge >= 0.3 is 6.03 Å². The van der Waals surface area contributed by atoms with Gasteiger partial charge in [0.1, 0.15) is 0 Å². The molecular formula is C12H21N3O3S. The fourth-order valence-electron chi connectivity index (χ4n) is 1.40. The fourth-order valence-corrected chi connectivity index (χ4v) is 2.26. The molecule has 0 spiro atoms. The van der Waals surface area contributed by atoms with E-state index in [-0.39, 0.29) is 18.7 Å². The maximum absolute atomic E-state index is 11.7. The largest absolute Gasteiger partial charge is 0.394 e. The molecule has 7 heteroatoms. The number of urea groups is 1. The first-order valence-corrected chi connectivity index (χ1v) is 7.07. The lowest BCUT2D eigenvalue weighted by molar-refractivity contribution is 0.161. The minimum Gasteiger partial charge on any atom is -0.394 e. The Morgan fingerprint density at radius 1 is 1.58 bits per heavy atom. The zero-order chi connectivity index (χ0) is 14.3. The van der Waals surface area contributed by atoms with Crippen molar-refractivity contribution in [1.29, 1.82) is 0 Å². The zero-order valence-electron chi connectivity index (χ0n) is 11.5. The molecule has 0 aliphatic carbocycles. The van der Waals surface area contributed by atoms with Crippen LogP contribution in [0.2, 0.25) is 0 Å². The predicted octanol–water partition coefficient (Wildman–Crippen LogP) is 1.79. The molecule has 2 amide bonds. The van der Waals surface area contributed by atoms with Crippen molar-refractivity contribution in [3.63, 3.8) is 0 Å². The van der Waals surface area contributed by atoms with Gasteiger partial charge in [0.25, 0.3) is 0 Å². The highest BCUT2D eigenvalue weighted by Gasteiger charge is 2.13. The average Bonchev–Trinajstić information content (AvgIpc) is 2.83. The summed E-state index contributed by atoms with van der Waals surface area (Å²) >= 11 is 1.39. The van der Waals surface area contributed by atoms with Gasteiger partial charge < -0.3 is 15.2 Å². The Morgan fingerprint density at radius 2 is 2.32 bits per heavy atom. The van der Waals surface area contributed by atoms with Crippen LogP contribution >= 0.6 is 11.3 Å². The molecule has 1 heterocycles. The number of aliphatic hydroxyl groups is 1. The van der Waals surface area contributed by atoms with Crippen LogP contribution in [0, 0.1) is 0 Å². The molecule has 6 nitrogen and oxygen atoms in total. The summed E-state index contributed by atoms with van der Waals surface area (Å²) in [5.74, 6) is 0.335. The Balaban J connectivity index is 2.44. The molecule has 0 unspecified atom stereocenters. The van der Waals surface area contributed by atoms with E-state index in [2.05, 4.69) is 15.6 Å². The zero-order valence-corrected chi connectivity index (χ0v) is 12.3. The summed E-state index contributed by atoms with van der Waals surface area (Å²) in [7, 11) is 1.58. The molecule has 0 aromatic carbocycles. The molecule has 0 fully saturated rings. The minimum absolute atomic E-state index is 0.119. The molecule has 1 aromatic heterocycles. The van der Waals surface area contributed by atoms with Crippen LogP contribution in [0.15, 0.2) is 5.38 Å². The maximum atomic E-state index is 11.7. The number of aromatic nitrogens is 1. The van der Waals surface area contributed by atoms with Crippen molar-refractivity contribution in [2.75, 3.05) is 25.6 Å². The van der Waals surface area contributed by atoms with Gasteiger partial charge in [0.15, 0.2) is 5.13 Å².